The molecular formula is C24H48O21S. The van der Waals surface area contributed by atoms with Gasteiger partial charge in [-0.1, -0.05) is 0 Å². The molecule has 2 aliphatic heterocycles. The van der Waals surface area contributed by atoms with Crippen LogP contribution in [-0.2, 0) is 53.0 Å². The third kappa shape index (κ3) is 18.1. The Bertz CT molecular complexity index is 790. The minimum Gasteiger partial charge on any atom is -0.394 e. The summed E-state index contributed by atoms with van der Waals surface area (Å²) in [6.07, 6.45) is -13.2. The summed E-state index contributed by atoms with van der Waals surface area (Å²) >= 11 is 0. The van der Waals surface area contributed by atoms with Crippen molar-refractivity contribution in [2.45, 2.75) is 61.4 Å². The molecule has 10 atom stereocenters. The Labute approximate surface area is 265 Å². The molecule has 46 heavy (non-hydrogen) atoms. The van der Waals surface area contributed by atoms with E-state index >= 15 is 0 Å². The van der Waals surface area contributed by atoms with Crippen molar-refractivity contribution in [3.63, 3.8) is 0 Å². The highest BCUT2D eigenvalue weighted by Gasteiger charge is 2.45. The third-order valence-electron chi connectivity index (χ3n) is 6.20. The van der Waals surface area contributed by atoms with Crippen LogP contribution in [0.1, 0.15) is 0 Å². The predicted molar refractivity (Wildman–Crippen MR) is 148 cm³/mol. The predicted octanol–water partition coefficient (Wildman–Crippen LogP) is -5.95. The lowest BCUT2D eigenvalue weighted by atomic mass is 9.99. The summed E-state index contributed by atoms with van der Waals surface area (Å²) in [6, 6.07) is 0. The molecule has 2 fully saturated rings. The van der Waals surface area contributed by atoms with E-state index in [2.05, 4.69) is 0 Å². The molecule has 21 nitrogen and oxygen atoms in total. The molecule has 0 aliphatic carbocycles. The van der Waals surface area contributed by atoms with Crippen LogP contribution >= 0.6 is 0 Å². The number of hydrogen-bond acceptors (Lipinski definition) is 19. The normalized spacial score (nSPS) is 31.8. The van der Waals surface area contributed by atoms with E-state index in [1.54, 1.807) is 0 Å². The first kappa shape index (κ1) is 43.2. The minimum atomic E-state index is -4.67. The molecule has 2 heterocycles. The zero-order valence-corrected chi connectivity index (χ0v) is 25.9. The number of rotatable bonds is 22. The Balaban J connectivity index is 0.00000195. The minimum absolute atomic E-state index is 0.0623. The smallest absolute Gasteiger partial charge is 0.394 e. The fraction of sp³-hybridized carbons (Fsp3) is 1.00. The molecule has 0 spiro atoms. The maximum absolute atomic E-state index is 9.88. The maximum atomic E-state index is 9.88. The molecule has 0 radical (unpaired) electrons. The van der Waals surface area contributed by atoms with Gasteiger partial charge in [-0.05, 0) is 0 Å². The Morgan fingerprint density at radius 2 is 0.674 bits per heavy atom. The lowest BCUT2D eigenvalue weighted by molar-refractivity contribution is -0.302. The molecule has 0 aromatic rings. The van der Waals surface area contributed by atoms with Crippen molar-refractivity contribution in [3.8, 4) is 0 Å². The van der Waals surface area contributed by atoms with Gasteiger partial charge < -0.3 is 83.5 Å². The topological polar surface area (TPSA) is 320 Å². The van der Waals surface area contributed by atoms with E-state index in [1.807, 2.05) is 0 Å². The lowest BCUT2D eigenvalue weighted by Crippen LogP contribution is -2.59. The van der Waals surface area contributed by atoms with Crippen molar-refractivity contribution in [3.05, 3.63) is 0 Å². The molecule has 2 rings (SSSR count). The zero-order chi connectivity index (χ0) is 34.5. The fourth-order valence-electron chi connectivity index (χ4n) is 3.84. The molecule has 0 unspecified atom stereocenters. The summed E-state index contributed by atoms with van der Waals surface area (Å²) in [5.74, 6) is 0. The maximum Gasteiger partial charge on any atom is 0.394 e. The van der Waals surface area contributed by atoms with Crippen molar-refractivity contribution in [2.75, 3.05) is 92.5 Å². The Hall–Kier alpha value is -0.810. The molecule has 276 valence electrons. The molecule has 10 N–H and O–H groups in total. The molecule has 2 aliphatic rings. The first-order chi connectivity index (χ1) is 21.8. The van der Waals surface area contributed by atoms with Crippen LogP contribution in [0.15, 0.2) is 0 Å². The number of aliphatic hydroxyl groups is 8. The van der Waals surface area contributed by atoms with Gasteiger partial charge in [0, 0.05) is 0 Å². The van der Waals surface area contributed by atoms with Gasteiger partial charge in [0.1, 0.15) is 48.8 Å². The van der Waals surface area contributed by atoms with Gasteiger partial charge >= 0.3 is 10.4 Å². The van der Waals surface area contributed by atoms with Gasteiger partial charge in [-0.15, -0.1) is 0 Å². The van der Waals surface area contributed by atoms with Crippen LogP contribution in [0, 0.1) is 0 Å². The van der Waals surface area contributed by atoms with Gasteiger partial charge in [-0.2, -0.15) is 8.42 Å². The van der Waals surface area contributed by atoms with Crippen molar-refractivity contribution < 1.29 is 101 Å². The second-order valence-corrected chi connectivity index (χ2v) is 10.5. The molecule has 0 amide bonds. The van der Waals surface area contributed by atoms with E-state index in [1.165, 1.54) is 0 Å². The lowest BCUT2D eigenvalue weighted by Gasteiger charge is -2.39. The first-order valence-electron chi connectivity index (χ1n) is 14.2. The third-order valence-corrected chi connectivity index (χ3v) is 6.20. The Kier molecular flexibility index (Phi) is 22.9. The molecule has 0 aromatic heterocycles. The van der Waals surface area contributed by atoms with Crippen LogP contribution in [-0.4, -0.2) is 212 Å². The SMILES string of the molecule is O=S(=O)(O)O.OC[C@H]1O[C@@H](OCCOCCOCCOCCOCCOCCO[C@@H]2O[C@H](CO)[C@@H](O)[C@H](O)[C@H]2O)[C@H](O)[C@@H](O)[C@@H]1O. The quantitative estimate of drug-likeness (QED) is 0.0370. The molecule has 0 saturated carbocycles. The van der Waals surface area contributed by atoms with Crippen LogP contribution in [0.2, 0.25) is 0 Å². The van der Waals surface area contributed by atoms with Gasteiger partial charge in [0.25, 0.3) is 0 Å². The number of aliphatic hydroxyl groups excluding tert-OH is 8. The molecule has 2 saturated heterocycles. The van der Waals surface area contributed by atoms with E-state index in [9.17, 15) is 30.6 Å². The number of ether oxygens (including phenoxy) is 9. The van der Waals surface area contributed by atoms with Gasteiger partial charge in [0.15, 0.2) is 12.6 Å². The summed E-state index contributed by atoms with van der Waals surface area (Å²) in [4.78, 5) is 0. The molecule has 22 heteroatoms. The van der Waals surface area contributed by atoms with Crippen LogP contribution in [0.25, 0.3) is 0 Å². The molecule has 0 aromatic carbocycles. The first-order valence-corrected chi connectivity index (χ1v) is 15.6. The average molecular weight is 705 g/mol. The summed E-state index contributed by atoms with van der Waals surface area (Å²) in [6.45, 7) is 2.17. The van der Waals surface area contributed by atoms with Crippen molar-refractivity contribution in [2.24, 2.45) is 0 Å². The standard InChI is InChI=1S/C24H46O17.H2O4S/c25-13-15-17(27)19(29)21(31)23(40-15)38-11-9-36-7-5-34-3-1-33-2-4-35-6-8-37-10-12-39-24-22(32)20(30)18(28)16(14-26)41-24;1-5(2,3)4/h15-32H,1-14H2;(H2,1,2,3,4)/t15-,16-,17-,18-,19+,20+,21-,22-,23-,24-;/m1./s1. The second kappa shape index (κ2) is 24.3. The van der Waals surface area contributed by atoms with Gasteiger partial charge in [0.05, 0.1) is 92.5 Å². The summed E-state index contributed by atoms with van der Waals surface area (Å²) in [7, 11) is -4.67. The largest absolute Gasteiger partial charge is 0.394 e. The number of hydrogen-bond donors (Lipinski definition) is 10. The van der Waals surface area contributed by atoms with Gasteiger partial charge in [-0.3, -0.25) is 9.11 Å². The van der Waals surface area contributed by atoms with Gasteiger partial charge in [-0.25, -0.2) is 0 Å². The molecular weight excluding hydrogens is 656 g/mol. The summed E-state index contributed by atoms with van der Waals surface area (Å²) < 4.78 is 79.5. The summed E-state index contributed by atoms with van der Waals surface area (Å²) in [5.41, 5.74) is 0. The van der Waals surface area contributed by atoms with E-state index in [-0.39, 0.29) is 26.4 Å². The fourth-order valence-corrected chi connectivity index (χ4v) is 3.84. The van der Waals surface area contributed by atoms with Crippen LogP contribution < -0.4 is 0 Å². The zero-order valence-electron chi connectivity index (χ0n) is 25.0. The van der Waals surface area contributed by atoms with Crippen LogP contribution in [0.5, 0.6) is 0 Å². The summed E-state index contributed by atoms with van der Waals surface area (Å²) in [5, 5.41) is 76.9. The van der Waals surface area contributed by atoms with E-state index in [0.717, 1.165) is 0 Å². The second-order valence-electron chi connectivity index (χ2n) is 9.65. The van der Waals surface area contributed by atoms with Crippen molar-refractivity contribution in [1.82, 2.24) is 0 Å². The average Bonchev–Trinajstić information content (AvgIpc) is 3.01. The van der Waals surface area contributed by atoms with E-state index < -0.39 is 85.0 Å². The van der Waals surface area contributed by atoms with E-state index in [4.69, 9.17) is 70.4 Å². The highest BCUT2D eigenvalue weighted by molar-refractivity contribution is 7.79. The highest BCUT2D eigenvalue weighted by Crippen LogP contribution is 2.22. The monoisotopic (exact) mass is 704 g/mol. The van der Waals surface area contributed by atoms with Gasteiger partial charge in [0.2, 0.25) is 0 Å². The van der Waals surface area contributed by atoms with E-state index in [0.29, 0.717) is 52.9 Å². The van der Waals surface area contributed by atoms with Crippen molar-refractivity contribution in [1.29, 1.82) is 0 Å². The van der Waals surface area contributed by atoms with Crippen LogP contribution in [0.3, 0.4) is 0 Å². The molecule has 0 bridgehead atoms. The Morgan fingerprint density at radius 3 is 0.913 bits per heavy atom. The van der Waals surface area contributed by atoms with Crippen LogP contribution in [0.4, 0.5) is 0 Å². The van der Waals surface area contributed by atoms with Crippen molar-refractivity contribution >= 4 is 10.4 Å². The Morgan fingerprint density at radius 1 is 0.435 bits per heavy atom. The highest BCUT2D eigenvalue weighted by atomic mass is 32.3.